The highest BCUT2D eigenvalue weighted by molar-refractivity contribution is 5.43. The lowest BCUT2D eigenvalue weighted by Crippen LogP contribution is -2.48. The first kappa shape index (κ1) is 14.9. The van der Waals surface area contributed by atoms with Crippen LogP contribution in [0.1, 0.15) is 12.5 Å². The molecule has 0 saturated carbocycles. The van der Waals surface area contributed by atoms with Crippen molar-refractivity contribution in [2.24, 2.45) is 0 Å². The smallest absolute Gasteiger partial charge is 0.161 e. The van der Waals surface area contributed by atoms with E-state index in [1.54, 1.807) is 13.2 Å². The second-order valence-corrected chi connectivity index (χ2v) is 5.18. The van der Waals surface area contributed by atoms with Crippen molar-refractivity contribution in [2.45, 2.75) is 19.5 Å². The number of nitrogens with zero attached hydrogens (tertiary/aromatic N) is 1. The lowest BCUT2D eigenvalue weighted by molar-refractivity contribution is 0.199. The van der Waals surface area contributed by atoms with Crippen LogP contribution in [-0.2, 0) is 6.54 Å². The predicted octanol–water partition coefficient (Wildman–Crippen LogP) is 2.05. The van der Waals surface area contributed by atoms with E-state index in [0.717, 1.165) is 37.7 Å². The van der Waals surface area contributed by atoms with E-state index < -0.39 is 0 Å². The molecular formula is C16H24N2O2. The van der Waals surface area contributed by atoms with Crippen molar-refractivity contribution >= 4 is 0 Å². The highest BCUT2D eigenvalue weighted by atomic mass is 16.5. The molecule has 0 spiro atoms. The monoisotopic (exact) mass is 276 g/mol. The Morgan fingerprint density at radius 3 is 3.00 bits per heavy atom. The van der Waals surface area contributed by atoms with Crippen LogP contribution in [0.25, 0.3) is 0 Å². The summed E-state index contributed by atoms with van der Waals surface area (Å²) in [6.45, 7) is 10.5. The van der Waals surface area contributed by atoms with Crippen LogP contribution in [0.5, 0.6) is 11.5 Å². The Balaban J connectivity index is 2.02. The molecule has 0 radical (unpaired) electrons. The lowest BCUT2D eigenvalue weighted by Gasteiger charge is -2.31. The van der Waals surface area contributed by atoms with Crippen LogP contribution in [0.2, 0.25) is 0 Å². The van der Waals surface area contributed by atoms with Gasteiger partial charge >= 0.3 is 0 Å². The van der Waals surface area contributed by atoms with Crippen molar-refractivity contribution in [1.29, 1.82) is 0 Å². The molecule has 1 saturated heterocycles. The molecule has 1 N–H and O–H groups in total. The van der Waals surface area contributed by atoms with E-state index in [2.05, 4.69) is 35.9 Å². The maximum Gasteiger partial charge on any atom is 0.161 e. The Morgan fingerprint density at radius 1 is 1.45 bits per heavy atom. The number of hydrogen-bond donors (Lipinski definition) is 1. The summed E-state index contributed by atoms with van der Waals surface area (Å²) >= 11 is 0. The van der Waals surface area contributed by atoms with Gasteiger partial charge in [0, 0.05) is 32.2 Å². The third kappa shape index (κ3) is 3.99. The molecule has 0 aromatic heterocycles. The summed E-state index contributed by atoms with van der Waals surface area (Å²) in [5, 5.41) is 3.46. The van der Waals surface area contributed by atoms with Gasteiger partial charge in [-0.15, -0.1) is 0 Å². The molecule has 0 unspecified atom stereocenters. The van der Waals surface area contributed by atoms with Crippen molar-refractivity contribution in [1.82, 2.24) is 10.2 Å². The van der Waals surface area contributed by atoms with E-state index in [0.29, 0.717) is 12.6 Å². The van der Waals surface area contributed by atoms with Crippen LogP contribution >= 0.6 is 0 Å². The Kier molecular flexibility index (Phi) is 5.44. The van der Waals surface area contributed by atoms with Gasteiger partial charge in [0.15, 0.2) is 11.5 Å². The Bertz CT molecular complexity index is 448. The van der Waals surface area contributed by atoms with Gasteiger partial charge in [0.2, 0.25) is 0 Å². The van der Waals surface area contributed by atoms with Crippen LogP contribution in [-0.4, -0.2) is 44.3 Å². The fraction of sp³-hybridized carbons (Fsp3) is 0.500. The number of piperazine rings is 1. The van der Waals surface area contributed by atoms with Crippen LogP contribution in [0.15, 0.2) is 30.9 Å². The van der Waals surface area contributed by atoms with Gasteiger partial charge in [-0.25, -0.2) is 0 Å². The maximum absolute atomic E-state index is 5.57. The van der Waals surface area contributed by atoms with Crippen LogP contribution in [0, 0.1) is 0 Å². The molecule has 1 aliphatic heterocycles. The fourth-order valence-electron chi connectivity index (χ4n) is 2.49. The van der Waals surface area contributed by atoms with Gasteiger partial charge in [0.1, 0.15) is 6.61 Å². The minimum atomic E-state index is 0.491. The molecular weight excluding hydrogens is 252 g/mol. The third-order valence-electron chi connectivity index (χ3n) is 3.44. The molecule has 1 heterocycles. The molecule has 20 heavy (non-hydrogen) atoms. The summed E-state index contributed by atoms with van der Waals surface area (Å²) in [7, 11) is 1.67. The standard InChI is InChI=1S/C16H24N2O2/c1-4-9-20-15-6-5-14(10-16(15)19-3)12-18-8-7-17-13(2)11-18/h4-6,10,13,17H,1,7-9,11-12H2,2-3H3/t13-/m0/s1. The van der Waals surface area contributed by atoms with Crippen LogP contribution in [0.3, 0.4) is 0 Å². The Hall–Kier alpha value is -1.52. The summed E-state index contributed by atoms with van der Waals surface area (Å²) in [5.74, 6) is 1.55. The summed E-state index contributed by atoms with van der Waals surface area (Å²) in [6.07, 6.45) is 1.73. The average Bonchev–Trinajstić information content (AvgIpc) is 2.46. The van der Waals surface area contributed by atoms with Gasteiger partial charge in [-0.3, -0.25) is 4.90 Å². The summed E-state index contributed by atoms with van der Waals surface area (Å²) in [6, 6.07) is 6.70. The Labute approximate surface area is 121 Å². The summed E-state index contributed by atoms with van der Waals surface area (Å²) in [5.41, 5.74) is 1.25. The second-order valence-electron chi connectivity index (χ2n) is 5.18. The van der Waals surface area contributed by atoms with Gasteiger partial charge in [-0.1, -0.05) is 18.7 Å². The first-order valence-corrected chi connectivity index (χ1v) is 7.09. The molecule has 1 fully saturated rings. The predicted molar refractivity (Wildman–Crippen MR) is 81.4 cm³/mol. The second kappa shape index (κ2) is 7.31. The first-order chi connectivity index (χ1) is 9.72. The molecule has 2 rings (SSSR count). The number of benzene rings is 1. The van der Waals surface area contributed by atoms with E-state index in [4.69, 9.17) is 9.47 Å². The van der Waals surface area contributed by atoms with Crippen LogP contribution in [0.4, 0.5) is 0 Å². The minimum Gasteiger partial charge on any atom is -0.493 e. The number of nitrogens with one attached hydrogen (secondary N) is 1. The Morgan fingerprint density at radius 2 is 2.30 bits per heavy atom. The molecule has 0 amide bonds. The van der Waals surface area contributed by atoms with Crippen molar-refractivity contribution < 1.29 is 9.47 Å². The van der Waals surface area contributed by atoms with Crippen molar-refractivity contribution in [3.8, 4) is 11.5 Å². The van der Waals surface area contributed by atoms with Crippen molar-refractivity contribution in [3.05, 3.63) is 36.4 Å². The van der Waals surface area contributed by atoms with Gasteiger partial charge < -0.3 is 14.8 Å². The fourth-order valence-corrected chi connectivity index (χ4v) is 2.49. The lowest BCUT2D eigenvalue weighted by atomic mass is 10.1. The van der Waals surface area contributed by atoms with Crippen molar-refractivity contribution in [2.75, 3.05) is 33.4 Å². The van der Waals surface area contributed by atoms with Crippen LogP contribution < -0.4 is 14.8 Å². The molecule has 1 aromatic carbocycles. The number of methoxy groups -OCH3 is 1. The molecule has 1 atom stereocenters. The van der Waals surface area contributed by atoms with Gasteiger partial charge in [-0.05, 0) is 24.6 Å². The molecule has 4 nitrogen and oxygen atoms in total. The molecule has 4 heteroatoms. The minimum absolute atomic E-state index is 0.491. The largest absolute Gasteiger partial charge is 0.493 e. The number of ether oxygens (including phenoxy) is 2. The SMILES string of the molecule is C=CCOc1ccc(CN2CCN[C@@H](C)C2)cc1OC. The van der Waals surface area contributed by atoms with E-state index in [1.165, 1.54) is 5.56 Å². The summed E-state index contributed by atoms with van der Waals surface area (Å²) in [4.78, 5) is 2.46. The average molecular weight is 276 g/mol. The van der Waals surface area contributed by atoms with Gasteiger partial charge in [0.25, 0.3) is 0 Å². The van der Waals surface area contributed by atoms with Crippen molar-refractivity contribution in [3.63, 3.8) is 0 Å². The molecule has 1 aromatic rings. The van der Waals surface area contributed by atoms with E-state index in [-0.39, 0.29) is 0 Å². The number of hydrogen-bond acceptors (Lipinski definition) is 4. The van der Waals surface area contributed by atoms with Gasteiger partial charge in [0.05, 0.1) is 7.11 Å². The normalized spacial score (nSPS) is 19.6. The molecule has 110 valence electrons. The first-order valence-electron chi connectivity index (χ1n) is 7.09. The zero-order valence-electron chi connectivity index (χ0n) is 12.4. The summed E-state index contributed by atoms with van der Waals surface area (Å²) < 4.78 is 11.0. The number of rotatable bonds is 6. The zero-order chi connectivity index (χ0) is 14.4. The van der Waals surface area contributed by atoms with E-state index in [1.807, 2.05) is 6.07 Å². The molecule has 0 bridgehead atoms. The van der Waals surface area contributed by atoms with Gasteiger partial charge in [-0.2, -0.15) is 0 Å². The third-order valence-corrected chi connectivity index (χ3v) is 3.44. The molecule has 0 aliphatic carbocycles. The topological polar surface area (TPSA) is 33.7 Å². The zero-order valence-corrected chi connectivity index (χ0v) is 12.4. The van der Waals surface area contributed by atoms with E-state index in [9.17, 15) is 0 Å². The maximum atomic E-state index is 5.57. The highest BCUT2D eigenvalue weighted by Crippen LogP contribution is 2.28. The van der Waals surface area contributed by atoms with E-state index >= 15 is 0 Å². The quantitative estimate of drug-likeness (QED) is 0.806. The molecule has 1 aliphatic rings. The highest BCUT2D eigenvalue weighted by Gasteiger charge is 2.16.